The van der Waals surface area contributed by atoms with Crippen LogP contribution >= 0.6 is 11.8 Å². The molecule has 0 fully saturated rings. The lowest BCUT2D eigenvalue weighted by molar-refractivity contribution is 0.799. The highest BCUT2D eigenvalue weighted by atomic mass is 32.2. The van der Waals surface area contributed by atoms with Crippen LogP contribution in [0.2, 0.25) is 0 Å². The molecule has 1 aliphatic heterocycles. The minimum absolute atomic E-state index is 0.0216. The normalized spacial score (nSPS) is 15.8. The van der Waals surface area contributed by atoms with Gasteiger partial charge in [-0.2, -0.15) is 0 Å². The Morgan fingerprint density at radius 3 is 1.58 bits per heavy atom. The molecule has 2 nitrogen and oxygen atoms in total. The molecule has 0 unspecified atom stereocenters. The van der Waals surface area contributed by atoms with Gasteiger partial charge in [0.05, 0.1) is 0 Å². The summed E-state index contributed by atoms with van der Waals surface area (Å²) >= 11 is 1.64. The Morgan fingerprint density at radius 2 is 1.16 bits per heavy atom. The van der Waals surface area contributed by atoms with Crippen molar-refractivity contribution < 1.29 is 0 Å². The second-order valence-electron chi connectivity index (χ2n) is 4.33. The van der Waals surface area contributed by atoms with Gasteiger partial charge in [-0.1, -0.05) is 60.7 Å². The zero-order chi connectivity index (χ0) is 13.1. The number of thioether (sulfide) groups is 1. The molecule has 0 aromatic heterocycles. The van der Waals surface area contributed by atoms with Crippen LogP contribution in [-0.2, 0) is 0 Å². The smallest absolute Gasteiger partial charge is 0.139 e. The summed E-state index contributed by atoms with van der Waals surface area (Å²) in [7, 11) is 0. The molecule has 94 valence electrons. The first-order valence-electron chi connectivity index (χ1n) is 6.27. The van der Waals surface area contributed by atoms with Gasteiger partial charge in [-0.15, -0.1) is 0 Å². The molecule has 19 heavy (non-hydrogen) atoms. The molecule has 0 N–H and O–H groups in total. The van der Waals surface area contributed by atoms with Gasteiger partial charge in [-0.3, -0.25) is 9.98 Å². The van der Waals surface area contributed by atoms with Crippen molar-refractivity contribution in [2.75, 3.05) is 0 Å². The van der Waals surface area contributed by atoms with E-state index in [1.165, 1.54) is 0 Å². The molecule has 0 saturated carbocycles. The lowest BCUT2D eigenvalue weighted by Crippen LogP contribution is -2.14. The summed E-state index contributed by atoms with van der Waals surface area (Å²) in [6.45, 7) is 2.02. The fraction of sp³-hybridized carbons (Fsp3) is 0.125. The maximum atomic E-state index is 4.62. The van der Waals surface area contributed by atoms with Gasteiger partial charge in [-0.05, 0) is 18.7 Å². The first-order valence-corrected chi connectivity index (χ1v) is 7.09. The molecule has 3 rings (SSSR count). The first kappa shape index (κ1) is 12.2. The SMILES string of the molecule is CC1N=C(c2ccccc2)SC(c2ccccc2)=N1. The fourth-order valence-electron chi connectivity index (χ4n) is 1.94. The Hall–Kier alpha value is -1.87. The summed E-state index contributed by atoms with van der Waals surface area (Å²) in [6, 6.07) is 20.6. The molecule has 0 saturated heterocycles. The van der Waals surface area contributed by atoms with E-state index in [0.29, 0.717) is 0 Å². The van der Waals surface area contributed by atoms with Crippen LogP contribution in [0.3, 0.4) is 0 Å². The van der Waals surface area contributed by atoms with Gasteiger partial charge in [0.2, 0.25) is 0 Å². The van der Waals surface area contributed by atoms with Gasteiger partial charge in [-0.25, -0.2) is 0 Å². The molecule has 0 aliphatic carbocycles. The van der Waals surface area contributed by atoms with Crippen LogP contribution in [0.1, 0.15) is 18.1 Å². The van der Waals surface area contributed by atoms with Gasteiger partial charge in [0.1, 0.15) is 16.3 Å². The van der Waals surface area contributed by atoms with E-state index in [2.05, 4.69) is 34.3 Å². The molecule has 0 radical (unpaired) electrons. The van der Waals surface area contributed by atoms with E-state index in [1.54, 1.807) is 11.8 Å². The average Bonchev–Trinajstić information content (AvgIpc) is 2.48. The molecule has 2 aromatic carbocycles. The highest BCUT2D eigenvalue weighted by Gasteiger charge is 2.17. The van der Waals surface area contributed by atoms with Crippen molar-refractivity contribution in [1.29, 1.82) is 0 Å². The van der Waals surface area contributed by atoms with Crippen LogP contribution in [0, 0.1) is 0 Å². The fourth-order valence-corrected chi connectivity index (χ4v) is 3.04. The molecular formula is C16H14N2S. The van der Waals surface area contributed by atoms with Crippen molar-refractivity contribution in [2.45, 2.75) is 13.1 Å². The average molecular weight is 266 g/mol. The van der Waals surface area contributed by atoms with Crippen molar-refractivity contribution in [3.05, 3.63) is 71.8 Å². The molecule has 1 aliphatic rings. The summed E-state index contributed by atoms with van der Waals surface area (Å²) in [5.74, 6) is 0. The zero-order valence-corrected chi connectivity index (χ0v) is 11.5. The van der Waals surface area contributed by atoms with Crippen LogP contribution in [0.25, 0.3) is 0 Å². The van der Waals surface area contributed by atoms with Crippen molar-refractivity contribution in [3.8, 4) is 0 Å². The lowest BCUT2D eigenvalue weighted by atomic mass is 10.2. The number of nitrogens with zero attached hydrogens (tertiary/aromatic N) is 2. The van der Waals surface area contributed by atoms with E-state index in [-0.39, 0.29) is 6.17 Å². The second-order valence-corrected chi connectivity index (χ2v) is 5.31. The lowest BCUT2D eigenvalue weighted by Gasteiger charge is -2.17. The number of aliphatic imine (C=N–C) groups is 2. The van der Waals surface area contributed by atoms with Crippen LogP contribution in [0.5, 0.6) is 0 Å². The minimum Gasteiger partial charge on any atom is -0.251 e. The highest BCUT2D eigenvalue weighted by Crippen LogP contribution is 2.25. The minimum atomic E-state index is -0.0216. The Morgan fingerprint density at radius 1 is 0.737 bits per heavy atom. The molecule has 0 atom stereocenters. The summed E-state index contributed by atoms with van der Waals surface area (Å²) < 4.78 is 0. The predicted molar refractivity (Wildman–Crippen MR) is 83.0 cm³/mol. The van der Waals surface area contributed by atoms with Crippen molar-refractivity contribution in [2.24, 2.45) is 9.98 Å². The van der Waals surface area contributed by atoms with Gasteiger partial charge < -0.3 is 0 Å². The number of hydrogen-bond donors (Lipinski definition) is 0. The van der Waals surface area contributed by atoms with Gasteiger partial charge in [0, 0.05) is 11.1 Å². The van der Waals surface area contributed by atoms with E-state index >= 15 is 0 Å². The highest BCUT2D eigenvalue weighted by molar-refractivity contribution is 8.27. The molecular weight excluding hydrogens is 252 g/mol. The number of hydrogen-bond acceptors (Lipinski definition) is 3. The monoisotopic (exact) mass is 266 g/mol. The molecule has 0 bridgehead atoms. The molecule has 2 aromatic rings. The molecule has 0 amide bonds. The van der Waals surface area contributed by atoms with Crippen LogP contribution in [0.4, 0.5) is 0 Å². The predicted octanol–water partition coefficient (Wildman–Crippen LogP) is 3.97. The van der Waals surface area contributed by atoms with Gasteiger partial charge >= 0.3 is 0 Å². The third kappa shape index (κ3) is 2.76. The standard InChI is InChI=1S/C16H14N2S/c1-12-17-15(13-8-4-2-5-9-13)19-16(18-12)14-10-6-3-7-11-14/h2-12H,1H3. The summed E-state index contributed by atoms with van der Waals surface area (Å²) in [4.78, 5) is 9.24. The maximum absolute atomic E-state index is 4.62. The third-order valence-corrected chi connectivity index (χ3v) is 3.91. The Labute approximate surface area is 117 Å². The Bertz CT molecular complexity index is 562. The molecule has 1 heterocycles. The van der Waals surface area contributed by atoms with Gasteiger partial charge in [0.15, 0.2) is 0 Å². The second kappa shape index (κ2) is 5.41. The van der Waals surface area contributed by atoms with E-state index in [9.17, 15) is 0 Å². The van der Waals surface area contributed by atoms with Crippen LogP contribution in [0.15, 0.2) is 70.6 Å². The topological polar surface area (TPSA) is 24.7 Å². The van der Waals surface area contributed by atoms with Crippen LogP contribution in [-0.4, -0.2) is 16.3 Å². The quantitative estimate of drug-likeness (QED) is 0.807. The Balaban J connectivity index is 1.92. The van der Waals surface area contributed by atoms with Crippen LogP contribution < -0.4 is 0 Å². The van der Waals surface area contributed by atoms with E-state index in [4.69, 9.17) is 0 Å². The largest absolute Gasteiger partial charge is 0.251 e. The van der Waals surface area contributed by atoms with Crippen molar-refractivity contribution >= 4 is 21.8 Å². The summed E-state index contributed by atoms with van der Waals surface area (Å²) in [6.07, 6.45) is -0.0216. The number of rotatable bonds is 2. The maximum Gasteiger partial charge on any atom is 0.139 e. The van der Waals surface area contributed by atoms with Crippen molar-refractivity contribution in [3.63, 3.8) is 0 Å². The van der Waals surface area contributed by atoms with Gasteiger partial charge in [0.25, 0.3) is 0 Å². The summed E-state index contributed by atoms with van der Waals surface area (Å²) in [5.41, 5.74) is 2.31. The van der Waals surface area contributed by atoms with E-state index in [0.717, 1.165) is 21.2 Å². The molecule has 3 heteroatoms. The first-order chi connectivity index (χ1) is 9.33. The third-order valence-electron chi connectivity index (χ3n) is 2.84. The van der Waals surface area contributed by atoms with E-state index in [1.807, 2.05) is 43.3 Å². The van der Waals surface area contributed by atoms with Crippen molar-refractivity contribution in [1.82, 2.24) is 0 Å². The Kier molecular flexibility index (Phi) is 3.47. The van der Waals surface area contributed by atoms with E-state index < -0.39 is 0 Å². The molecule has 0 spiro atoms. The summed E-state index contributed by atoms with van der Waals surface area (Å²) in [5, 5.41) is 2.09. The number of benzene rings is 2. The zero-order valence-electron chi connectivity index (χ0n) is 10.7.